The normalized spacial score (nSPS) is 10.1. The fourth-order valence-corrected chi connectivity index (χ4v) is 1.84. The van der Waals surface area contributed by atoms with E-state index in [1.807, 2.05) is 12.1 Å². The smallest absolute Gasteiger partial charge is 0.142 e. The van der Waals surface area contributed by atoms with Crippen LogP contribution >= 0.6 is 11.6 Å². The van der Waals surface area contributed by atoms with E-state index in [-0.39, 0.29) is 5.75 Å². The summed E-state index contributed by atoms with van der Waals surface area (Å²) in [7, 11) is 1.61. The molecule has 0 amide bonds. The predicted molar refractivity (Wildman–Crippen MR) is 73.4 cm³/mol. The highest BCUT2D eigenvalue weighted by Gasteiger charge is 2.05. The number of rotatable bonds is 4. The molecule has 3 nitrogen and oxygen atoms in total. The summed E-state index contributed by atoms with van der Waals surface area (Å²) in [6.45, 7) is 0.503. The van der Waals surface area contributed by atoms with Gasteiger partial charge in [0.1, 0.15) is 11.5 Å². The summed E-state index contributed by atoms with van der Waals surface area (Å²) in [5, 5.41) is 13.5. The monoisotopic (exact) mass is 263 g/mol. The van der Waals surface area contributed by atoms with Gasteiger partial charge in [0.25, 0.3) is 0 Å². The third kappa shape index (κ3) is 2.87. The van der Waals surface area contributed by atoms with Gasteiger partial charge in [-0.15, -0.1) is 0 Å². The molecule has 0 aliphatic heterocycles. The summed E-state index contributed by atoms with van der Waals surface area (Å²) in [6, 6.07) is 12.6. The summed E-state index contributed by atoms with van der Waals surface area (Å²) in [5.41, 5.74) is 1.62. The molecule has 0 fully saturated rings. The zero-order chi connectivity index (χ0) is 13.0. The number of aromatic hydroxyl groups is 1. The topological polar surface area (TPSA) is 41.5 Å². The molecule has 2 aromatic rings. The molecule has 0 saturated carbocycles. The Morgan fingerprint density at radius 1 is 1.22 bits per heavy atom. The van der Waals surface area contributed by atoms with Crippen LogP contribution in [0, 0.1) is 0 Å². The van der Waals surface area contributed by atoms with Gasteiger partial charge in [-0.2, -0.15) is 0 Å². The number of nitrogens with one attached hydrogen (secondary N) is 1. The van der Waals surface area contributed by atoms with Gasteiger partial charge >= 0.3 is 0 Å². The van der Waals surface area contributed by atoms with Crippen LogP contribution in [0.3, 0.4) is 0 Å². The highest BCUT2D eigenvalue weighted by Crippen LogP contribution is 2.28. The molecule has 0 saturated heterocycles. The van der Waals surface area contributed by atoms with Gasteiger partial charge in [0.05, 0.1) is 12.8 Å². The zero-order valence-electron chi connectivity index (χ0n) is 9.98. The van der Waals surface area contributed by atoms with E-state index in [0.29, 0.717) is 11.6 Å². The Kier molecular flexibility index (Phi) is 3.95. The summed E-state index contributed by atoms with van der Waals surface area (Å²) >= 11 is 5.94. The molecule has 0 aromatic heterocycles. The van der Waals surface area contributed by atoms with Gasteiger partial charge in [-0.05, 0) is 24.3 Å². The van der Waals surface area contributed by atoms with E-state index in [0.717, 1.165) is 17.0 Å². The molecule has 94 valence electrons. The third-order valence-electron chi connectivity index (χ3n) is 2.62. The summed E-state index contributed by atoms with van der Waals surface area (Å²) in [4.78, 5) is 0. The molecule has 2 aromatic carbocycles. The second kappa shape index (κ2) is 5.65. The van der Waals surface area contributed by atoms with Gasteiger partial charge in [0, 0.05) is 17.1 Å². The van der Waals surface area contributed by atoms with E-state index in [2.05, 4.69) is 5.32 Å². The maximum atomic E-state index is 9.67. The molecule has 2 N–H and O–H groups in total. The molecule has 0 heterocycles. The maximum Gasteiger partial charge on any atom is 0.142 e. The van der Waals surface area contributed by atoms with Crippen LogP contribution in [0.2, 0.25) is 5.02 Å². The van der Waals surface area contributed by atoms with Crippen LogP contribution in [-0.2, 0) is 6.54 Å². The first-order valence-corrected chi connectivity index (χ1v) is 5.93. The van der Waals surface area contributed by atoms with Crippen LogP contribution in [0.15, 0.2) is 42.5 Å². The number of methoxy groups -OCH3 is 1. The standard InChI is InChI=1S/C14H14ClNO2/c1-18-14-7-6-11(15)8-12(14)16-9-10-4-2-3-5-13(10)17/h2-8,16-17H,9H2,1H3. The van der Waals surface area contributed by atoms with Crippen molar-refractivity contribution in [1.29, 1.82) is 0 Å². The van der Waals surface area contributed by atoms with Gasteiger partial charge in [-0.1, -0.05) is 29.8 Å². The predicted octanol–water partition coefficient (Wildman–Crippen LogP) is 3.67. The number of phenolic OH excluding ortho intramolecular Hbond substituents is 1. The van der Waals surface area contributed by atoms with Gasteiger partial charge in [0.2, 0.25) is 0 Å². The molecule has 0 aliphatic rings. The second-order valence-electron chi connectivity index (χ2n) is 3.83. The highest BCUT2D eigenvalue weighted by atomic mass is 35.5. The Morgan fingerprint density at radius 3 is 2.72 bits per heavy atom. The fourth-order valence-electron chi connectivity index (χ4n) is 1.67. The van der Waals surface area contributed by atoms with E-state index in [1.165, 1.54) is 0 Å². The Hall–Kier alpha value is -1.87. The first-order chi connectivity index (χ1) is 8.70. The van der Waals surface area contributed by atoms with Crippen molar-refractivity contribution in [2.24, 2.45) is 0 Å². The molecule has 0 aliphatic carbocycles. The van der Waals surface area contributed by atoms with Gasteiger partial charge in [-0.3, -0.25) is 0 Å². The van der Waals surface area contributed by atoms with E-state index < -0.39 is 0 Å². The molecule has 0 bridgehead atoms. The first-order valence-electron chi connectivity index (χ1n) is 5.55. The lowest BCUT2D eigenvalue weighted by Gasteiger charge is -2.12. The van der Waals surface area contributed by atoms with Gasteiger partial charge in [-0.25, -0.2) is 0 Å². The molecule has 0 atom stereocenters. The molecule has 4 heteroatoms. The van der Waals surface area contributed by atoms with Gasteiger partial charge < -0.3 is 15.2 Å². The molecule has 0 radical (unpaired) electrons. The van der Waals surface area contributed by atoms with Crippen LogP contribution in [0.1, 0.15) is 5.56 Å². The van der Waals surface area contributed by atoms with Crippen molar-refractivity contribution < 1.29 is 9.84 Å². The van der Waals surface area contributed by atoms with Gasteiger partial charge in [0.15, 0.2) is 0 Å². The number of phenols is 1. The van der Waals surface area contributed by atoms with Crippen LogP contribution in [0.5, 0.6) is 11.5 Å². The maximum absolute atomic E-state index is 9.67. The number of para-hydroxylation sites is 1. The third-order valence-corrected chi connectivity index (χ3v) is 2.86. The molecule has 18 heavy (non-hydrogen) atoms. The molecule has 2 rings (SSSR count). The SMILES string of the molecule is COc1ccc(Cl)cc1NCc1ccccc1O. The van der Waals surface area contributed by atoms with E-state index in [9.17, 15) is 5.11 Å². The number of hydrogen-bond donors (Lipinski definition) is 2. The molecule has 0 spiro atoms. The lowest BCUT2D eigenvalue weighted by Crippen LogP contribution is -2.01. The summed E-state index contributed by atoms with van der Waals surface area (Å²) in [6.07, 6.45) is 0. The Bertz CT molecular complexity index is 543. The van der Waals surface area contributed by atoms with Crippen molar-refractivity contribution in [2.45, 2.75) is 6.54 Å². The zero-order valence-corrected chi connectivity index (χ0v) is 10.7. The summed E-state index contributed by atoms with van der Waals surface area (Å²) in [5.74, 6) is 0.987. The molecular weight excluding hydrogens is 250 g/mol. The molecule has 0 unspecified atom stereocenters. The number of halogens is 1. The van der Waals surface area contributed by atoms with E-state index >= 15 is 0 Å². The van der Waals surface area contributed by atoms with Crippen molar-refractivity contribution in [3.05, 3.63) is 53.1 Å². The Labute approximate surface area is 111 Å². The largest absolute Gasteiger partial charge is 0.508 e. The Morgan fingerprint density at radius 2 is 2.00 bits per heavy atom. The average molecular weight is 264 g/mol. The molecular formula is C14H14ClNO2. The van der Waals surface area contributed by atoms with Crippen molar-refractivity contribution in [2.75, 3.05) is 12.4 Å². The fraction of sp³-hybridized carbons (Fsp3) is 0.143. The van der Waals surface area contributed by atoms with Crippen molar-refractivity contribution >= 4 is 17.3 Å². The number of benzene rings is 2. The second-order valence-corrected chi connectivity index (χ2v) is 4.26. The average Bonchev–Trinajstić information content (AvgIpc) is 2.38. The number of ether oxygens (including phenoxy) is 1. The van der Waals surface area contributed by atoms with Crippen LogP contribution in [0.4, 0.5) is 5.69 Å². The minimum atomic E-state index is 0.269. The van der Waals surface area contributed by atoms with E-state index in [4.69, 9.17) is 16.3 Å². The summed E-state index contributed by atoms with van der Waals surface area (Å²) < 4.78 is 5.24. The first kappa shape index (κ1) is 12.6. The number of hydrogen-bond acceptors (Lipinski definition) is 3. The minimum absolute atomic E-state index is 0.269. The van der Waals surface area contributed by atoms with Crippen LogP contribution in [0.25, 0.3) is 0 Å². The van der Waals surface area contributed by atoms with E-state index in [1.54, 1.807) is 37.4 Å². The van der Waals surface area contributed by atoms with Crippen LogP contribution in [-0.4, -0.2) is 12.2 Å². The number of anilines is 1. The highest BCUT2D eigenvalue weighted by molar-refractivity contribution is 6.30. The Balaban J connectivity index is 2.15. The lowest BCUT2D eigenvalue weighted by atomic mass is 10.2. The van der Waals surface area contributed by atoms with Crippen LogP contribution < -0.4 is 10.1 Å². The van der Waals surface area contributed by atoms with Crippen molar-refractivity contribution in [3.63, 3.8) is 0 Å². The minimum Gasteiger partial charge on any atom is -0.508 e. The lowest BCUT2D eigenvalue weighted by molar-refractivity contribution is 0.416. The van der Waals surface area contributed by atoms with Crippen molar-refractivity contribution in [1.82, 2.24) is 0 Å². The quantitative estimate of drug-likeness (QED) is 0.884. The van der Waals surface area contributed by atoms with Crippen molar-refractivity contribution in [3.8, 4) is 11.5 Å².